The predicted molar refractivity (Wildman–Crippen MR) is 123 cm³/mol. The van der Waals surface area contributed by atoms with Gasteiger partial charge in [0.05, 0.1) is 5.69 Å². The second kappa shape index (κ2) is 11.0. The summed E-state index contributed by atoms with van der Waals surface area (Å²) in [6.07, 6.45) is 16.6. The minimum Gasteiger partial charge on any atom is -0.351 e. The molecule has 0 aliphatic heterocycles. The van der Waals surface area contributed by atoms with E-state index in [1.807, 2.05) is 13.1 Å². The first-order valence-corrected chi connectivity index (χ1v) is 10.8. The second-order valence-corrected chi connectivity index (χ2v) is 7.87. The highest BCUT2D eigenvalue weighted by Crippen LogP contribution is 2.31. The maximum absolute atomic E-state index is 5.01. The van der Waals surface area contributed by atoms with Crippen molar-refractivity contribution in [2.45, 2.75) is 85.6 Å². The van der Waals surface area contributed by atoms with E-state index in [2.05, 4.69) is 62.8 Å². The number of nitrogens with zero attached hydrogens (tertiary/aromatic N) is 2. The number of nitrogens with one attached hydrogen (secondary N) is 1. The van der Waals surface area contributed by atoms with Crippen molar-refractivity contribution in [3.63, 3.8) is 0 Å². The Morgan fingerprint density at radius 1 is 1.21 bits per heavy atom. The van der Waals surface area contributed by atoms with Crippen molar-refractivity contribution in [1.82, 2.24) is 9.97 Å². The number of aromatic nitrogens is 2. The van der Waals surface area contributed by atoms with Crippen molar-refractivity contribution >= 4 is 11.5 Å². The molecule has 0 spiro atoms. The van der Waals surface area contributed by atoms with Gasteiger partial charge in [0.25, 0.3) is 0 Å². The van der Waals surface area contributed by atoms with E-state index in [-0.39, 0.29) is 0 Å². The lowest BCUT2D eigenvalue weighted by molar-refractivity contribution is 0.742. The van der Waals surface area contributed by atoms with Gasteiger partial charge in [-0.25, -0.2) is 9.97 Å². The van der Waals surface area contributed by atoms with E-state index in [0.29, 0.717) is 6.04 Å². The highest BCUT2D eigenvalue weighted by Gasteiger charge is 2.18. The van der Waals surface area contributed by atoms with Gasteiger partial charge in [0.15, 0.2) is 0 Å². The van der Waals surface area contributed by atoms with E-state index in [4.69, 9.17) is 4.98 Å². The summed E-state index contributed by atoms with van der Waals surface area (Å²) in [5.74, 6) is 0.762. The van der Waals surface area contributed by atoms with E-state index in [1.165, 1.54) is 48.0 Å². The largest absolute Gasteiger partial charge is 0.351 e. The Morgan fingerprint density at radius 2 is 1.93 bits per heavy atom. The van der Waals surface area contributed by atoms with Crippen LogP contribution in [0.15, 0.2) is 47.7 Å². The summed E-state index contributed by atoms with van der Waals surface area (Å²) in [5, 5.41) is 3.56. The Morgan fingerprint density at radius 3 is 2.50 bits per heavy atom. The van der Waals surface area contributed by atoms with Crippen LogP contribution >= 0.6 is 0 Å². The van der Waals surface area contributed by atoms with Crippen LogP contribution in [0.3, 0.4) is 0 Å². The Hall–Kier alpha value is -2.16. The highest BCUT2D eigenvalue weighted by molar-refractivity contribution is 5.82. The molecule has 0 amide bonds. The van der Waals surface area contributed by atoms with Crippen LogP contribution in [0, 0.1) is 0 Å². The first kappa shape index (κ1) is 22.1. The molecule has 2 rings (SSSR count). The summed E-state index contributed by atoms with van der Waals surface area (Å²) >= 11 is 0. The van der Waals surface area contributed by atoms with Crippen LogP contribution in [-0.4, -0.2) is 16.0 Å². The molecule has 0 saturated heterocycles. The van der Waals surface area contributed by atoms with Crippen molar-refractivity contribution < 1.29 is 0 Å². The lowest BCUT2D eigenvalue weighted by atomic mass is 9.92. The summed E-state index contributed by atoms with van der Waals surface area (Å²) in [6, 6.07) is 0.509. The zero-order valence-electron chi connectivity index (χ0n) is 18.4. The molecule has 1 N–H and O–H groups in total. The first-order valence-electron chi connectivity index (χ1n) is 10.8. The van der Waals surface area contributed by atoms with E-state index in [0.717, 1.165) is 36.5 Å². The van der Waals surface area contributed by atoms with Gasteiger partial charge in [-0.1, -0.05) is 69.1 Å². The van der Waals surface area contributed by atoms with E-state index >= 15 is 0 Å². The van der Waals surface area contributed by atoms with Gasteiger partial charge in [0, 0.05) is 17.8 Å². The molecule has 1 aliphatic rings. The summed E-state index contributed by atoms with van der Waals surface area (Å²) in [7, 11) is 0. The van der Waals surface area contributed by atoms with Crippen LogP contribution in [0.25, 0.3) is 5.57 Å². The van der Waals surface area contributed by atoms with Gasteiger partial charge in [-0.05, 0) is 57.6 Å². The lowest BCUT2D eigenvalue weighted by Gasteiger charge is -2.18. The molecule has 1 aromatic heterocycles. The molecule has 1 aliphatic carbocycles. The third-order valence-electron chi connectivity index (χ3n) is 5.43. The SMILES string of the molecule is C=C(C)\C=C/C(=C(\C)CC)C(=C\C)/c1nc(NC2CCCC2)ncc1CCC. The maximum Gasteiger partial charge on any atom is 0.223 e. The Kier molecular flexibility index (Phi) is 8.69. The fourth-order valence-electron chi connectivity index (χ4n) is 3.71. The Labute approximate surface area is 171 Å². The Bertz CT molecular complexity index is 762. The summed E-state index contributed by atoms with van der Waals surface area (Å²) in [5.41, 5.74) is 7.13. The topological polar surface area (TPSA) is 37.8 Å². The quantitative estimate of drug-likeness (QED) is 0.467. The molecule has 3 heteroatoms. The second-order valence-electron chi connectivity index (χ2n) is 7.87. The molecule has 0 bridgehead atoms. The van der Waals surface area contributed by atoms with Crippen molar-refractivity contribution in [3.8, 4) is 0 Å². The molecular weight excluding hydrogens is 342 g/mol. The minimum atomic E-state index is 0.509. The molecule has 1 saturated carbocycles. The minimum absolute atomic E-state index is 0.509. The molecule has 0 unspecified atom stereocenters. The van der Waals surface area contributed by atoms with Crippen LogP contribution in [0.5, 0.6) is 0 Å². The van der Waals surface area contributed by atoms with E-state index in [9.17, 15) is 0 Å². The molecule has 1 heterocycles. The number of allylic oxidation sites excluding steroid dienone is 7. The molecule has 28 heavy (non-hydrogen) atoms. The van der Waals surface area contributed by atoms with E-state index in [1.54, 1.807) is 0 Å². The van der Waals surface area contributed by atoms with Gasteiger partial charge < -0.3 is 5.32 Å². The smallest absolute Gasteiger partial charge is 0.223 e. The summed E-state index contributed by atoms with van der Waals surface area (Å²) < 4.78 is 0. The van der Waals surface area contributed by atoms with Crippen LogP contribution in [0.1, 0.15) is 84.4 Å². The maximum atomic E-state index is 5.01. The average molecular weight is 380 g/mol. The number of anilines is 1. The van der Waals surface area contributed by atoms with Crippen LogP contribution in [-0.2, 0) is 6.42 Å². The number of hydrogen-bond donors (Lipinski definition) is 1. The zero-order valence-corrected chi connectivity index (χ0v) is 18.4. The van der Waals surface area contributed by atoms with Crippen molar-refractivity contribution in [1.29, 1.82) is 0 Å². The molecule has 0 radical (unpaired) electrons. The molecule has 1 fully saturated rings. The number of aryl methyl sites for hydroxylation is 1. The Balaban J connectivity index is 2.50. The third kappa shape index (κ3) is 5.92. The summed E-state index contributed by atoms with van der Waals surface area (Å²) in [4.78, 5) is 9.65. The van der Waals surface area contributed by atoms with Gasteiger partial charge in [-0.2, -0.15) is 0 Å². The first-order chi connectivity index (χ1) is 13.5. The van der Waals surface area contributed by atoms with Gasteiger partial charge in [0.1, 0.15) is 0 Å². The normalized spacial score (nSPS) is 16.5. The molecule has 3 nitrogen and oxygen atoms in total. The van der Waals surface area contributed by atoms with Gasteiger partial charge in [-0.15, -0.1) is 0 Å². The molecule has 0 atom stereocenters. The molecular formula is C25H37N3. The van der Waals surface area contributed by atoms with Gasteiger partial charge in [0.2, 0.25) is 5.95 Å². The number of rotatable bonds is 9. The summed E-state index contributed by atoms with van der Waals surface area (Å²) in [6.45, 7) is 14.8. The lowest BCUT2D eigenvalue weighted by Crippen LogP contribution is -2.17. The van der Waals surface area contributed by atoms with Crippen molar-refractivity contribution in [3.05, 3.63) is 59.0 Å². The standard InChI is InChI=1S/C25H37N3/c1-7-12-20-17-26-25(27-21-13-10-11-14-21)28-24(20)22(9-3)23(19(6)8-2)16-15-18(4)5/h9,15-17,21H,4,7-8,10-14H2,1-3,5-6H3,(H,26,27,28)/b16-15-,22-9+,23-19-. The van der Waals surface area contributed by atoms with Crippen LogP contribution in [0.2, 0.25) is 0 Å². The van der Waals surface area contributed by atoms with E-state index < -0.39 is 0 Å². The third-order valence-corrected chi connectivity index (χ3v) is 5.43. The van der Waals surface area contributed by atoms with Gasteiger partial charge in [-0.3, -0.25) is 0 Å². The van der Waals surface area contributed by atoms with Crippen LogP contribution in [0.4, 0.5) is 5.95 Å². The fraction of sp³-hybridized carbons (Fsp3) is 0.520. The fourth-order valence-corrected chi connectivity index (χ4v) is 3.71. The average Bonchev–Trinajstić information content (AvgIpc) is 3.19. The van der Waals surface area contributed by atoms with Gasteiger partial charge >= 0.3 is 0 Å². The van der Waals surface area contributed by atoms with Crippen LogP contribution < -0.4 is 5.32 Å². The molecule has 1 aromatic rings. The monoisotopic (exact) mass is 379 g/mol. The van der Waals surface area contributed by atoms with Crippen molar-refractivity contribution in [2.24, 2.45) is 0 Å². The highest BCUT2D eigenvalue weighted by atomic mass is 15.1. The number of hydrogen-bond acceptors (Lipinski definition) is 3. The van der Waals surface area contributed by atoms with Crippen molar-refractivity contribution in [2.75, 3.05) is 5.32 Å². The predicted octanol–water partition coefficient (Wildman–Crippen LogP) is 7.05. The molecule has 152 valence electrons. The molecule has 0 aromatic carbocycles. The zero-order chi connectivity index (χ0) is 20.5.